The normalized spacial score (nSPS) is 14.0. The van der Waals surface area contributed by atoms with Crippen LogP contribution in [0, 0.1) is 0 Å². The van der Waals surface area contributed by atoms with Gasteiger partial charge < -0.3 is 15.3 Å². The third kappa shape index (κ3) is 8.63. The molecular formula is C16H27ClN2O4S. The van der Waals surface area contributed by atoms with Gasteiger partial charge in [-0.05, 0) is 45.4 Å². The second-order valence-electron chi connectivity index (χ2n) is 6.55. The highest BCUT2D eigenvalue weighted by Gasteiger charge is 2.12. The van der Waals surface area contributed by atoms with Crippen molar-refractivity contribution in [3.8, 4) is 0 Å². The van der Waals surface area contributed by atoms with Crippen LogP contribution in [-0.2, 0) is 14.7 Å². The molecule has 0 aliphatic heterocycles. The van der Waals surface area contributed by atoms with E-state index in [4.69, 9.17) is 4.84 Å². The van der Waals surface area contributed by atoms with Gasteiger partial charge in [0.05, 0.1) is 10.6 Å². The summed E-state index contributed by atoms with van der Waals surface area (Å²) in [7, 11) is -3.20. The first-order valence-corrected chi connectivity index (χ1v) is 9.28. The molecule has 1 unspecified atom stereocenters. The van der Waals surface area contributed by atoms with E-state index < -0.39 is 15.9 Å². The van der Waals surface area contributed by atoms with Crippen molar-refractivity contribution in [3.63, 3.8) is 0 Å². The Bertz CT molecular complexity index is 637. The van der Waals surface area contributed by atoms with E-state index in [1.165, 1.54) is 18.4 Å². The first-order chi connectivity index (χ1) is 10.5. The number of halogens is 1. The lowest BCUT2D eigenvalue weighted by atomic mass is 10.1. The van der Waals surface area contributed by atoms with Crippen LogP contribution in [0.5, 0.6) is 0 Å². The highest BCUT2D eigenvalue weighted by molar-refractivity contribution is 7.90. The summed E-state index contributed by atoms with van der Waals surface area (Å²) >= 11 is 0. The van der Waals surface area contributed by atoms with Crippen molar-refractivity contribution in [2.45, 2.75) is 44.2 Å². The Balaban J connectivity index is 0.00000529. The number of nitrogens with zero attached hydrogens (tertiary/aromatic N) is 1. The van der Waals surface area contributed by atoms with Gasteiger partial charge in [0.2, 0.25) is 0 Å². The van der Waals surface area contributed by atoms with Crippen LogP contribution in [0.4, 0.5) is 0 Å². The lowest BCUT2D eigenvalue weighted by molar-refractivity contribution is 0.0373. The van der Waals surface area contributed by atoms with E-state index in [0.29, 0.717) is 12.3 Å². The van der Waals surface area contributed by atoms with Crippen LogP contribution in [0.25, 0.3) is 0 Å². The molecule has 1 aromatic carbocycles. The van der Waals surface area contributed by atoms with E-state index in [9.17, 15) is 13.5 Å². The van der Waals surface area contributed by atoms with Crippen molar-refractivity contribution in [1.29, 1.82) is 0 Å². The van der Waals surface area contributed by atoms with Crippen LogP contribution < -0.4 is 5.32 Å². The summed E-state index contributed by atoms with van der Waals surface area (Å²) in [4.78, 5) is 5.42. The van der Waals surface area contributed by atoms with Gasteiger partial charge in [-0.2, -0.15) is 0 Å². The van der Waals surface area contributed by atoms with E-state index in [0.717, 1.165) is 5.56 Å². The molecule has 1 atom stereocenters. The third-order valence-electron chi connectivity index (χ3n) is 3.04. The van der Waals surface area contributed by atoms with Crippen LogP contribution >= 0.6 is 12.4 Å². The van der Waals surface area contributed by atoms with Crippen molar-refractivity contribution in [3.05, 3.63) is 29.8 Å². The quantitative estimate of drug-likeness (QED) is 0.559. The summed E-state index contributed by atoms with van der Waals surface area (Å²) in [6.07, 6.45) is 0.511. The number of hydrogen-bond donors (Lipinski definition) is 2. The number of β-amino-alcohol motifs (C(OH)–C–C–N with tert-alkyl or cyclic N) is 1. The van der Waals surface area contributed by atoms with Gasteiger partial charge in [0.1, 0.15) is 12.7 Å². The first-order valence-electron chi connectivity index (χ1n) is 7.39. The second-order valence-corrected chi connectivity index (χ2v) is 8.57. The van der Waals surface area contributed by atoms with Gasteiger partial charge in [-0.15, -0.1) is 12.4 Å². The van der Waals surface area contributed by atoms with Gasteiger partial charge in [-0.25, -0.2) is 8.42 Å². The smallest absolute Gasteiger partial charge is 0.175 e. The molecule has 138 valence electrons. The van der Waals surface area contributed by atoms with Gasteiger partial charge in [0.15, 0.2) is 9.84 Å². The molecule has 0 heterocycles. The molecule has 1 aromatic rings. The molecule has 0 fully saturated rings. The van der Waals surface area contributed by atoms with Gasteiger partial charge in [0, 0.05) is 18.3 Å². The predicted octanol–water partition coefficient (Wildman–Crippen LogP) is 2.00. The van der Waals surface area contributed by atoms with Crippen LogP contribution in [0.2, 0.25) is 0 Å². The van der Waals surface area contributed by atoms with Crippen molar-refractivity contribution >= 4 is 28.0 Å². The second kappa shape index (κ2) is 9.36. The summed E-state index contributed by atoms with van der Waals surface area (Å²) in [5, 5.41) is 16.9. The largest absolute Gasteiger partial charge is 0.393 e. The molecule has 0 amide bonds. The molecule has 0 aliphatic carbocycles. The molecule has 0 radical (unpaired) electrons. The number of oxime groups is 1. The average Bonchev–Trinajstić information content (AvgIpc) is 2.43. The summed E-state index contributed by atoms with van der Waals surface area (Å²) in [5.41, 5.74) is 1.31. The van der Waals surface area contributed by atoms with Crippen LogP contribution in [-0.4, -0.2) is 50.3 Å². The molecule has 1 rings (SSSR count). The summed E-state index contributed by atoms with van der Waals surface area (Å²) in [6.45, 7) is 8.31. The molecule has 2 N–H and O–H groups in total. The Labute approximate surface area is 150 Å². The first kappa shape index (κ1) is 22.9. The van der Waals surface area contributed by atoms with E-state index in [1.807, 2.05) is 20.8 Å². The van der Waals surface area contributed by atoms with Crippen LogP contribution in [0.1, 0.15) is 33.3 Å². The molecule has 6 nitrogen and oxygen atoms in total. The minimum Gasteiger partial charge on any atom is -0.393 e. The zero-order chi connectivity index (χ0) is 17.7. The highest BCUT2D eigenvalue weighted by Crippen LogP contribution is 2.11. The Hall–Kier alpha value is -1.15. The van der Waals surface area contributed by atoms with Gasteiger partial charge >= 0.3 is 0 Å². The molecule has 8 heteroatoms. The Kier molecular flexibility index (Phi) is 8.91. The Morgan fingerprint density at radius 3 is 2.29 bits per heavy atom. The minimum absolute atomic E-state index is 0. The number of aliphatic hydroxyl groups is 1. The Morgan fingerprint density at radius 1 is 1.29 bits per heavy atom. The topological polar surface area (TPSA) is 88.0 Å². The molecule has 0 bridgehead atoms. The Morgan fingerprint density at radius 2 is 1.83 bits per heavy atom. The number of aliphatic hydroxyl groups excluding tert-OH is 1. The van der Waals surface area contributed by atoms with E-state index in [-0.39, 0.29) is 29.4 Å². The number of hydrogen-bond acceptors (Lipinski definition) is 6. The predicted molar refractivity (Wildman–Crippen MR) is 98.7 cm³/mol. The van der Waals surface area contributed by atoms with Crippen molar-refractivity contribution in [1.82, 2.24) is 5.32 Å². The monoisotopic (exact) mass is 378 g/mol. The lowest BCUT2D eigenvalue weighted by Gasteiger charge is -2.22. The fraction of sp³-hybridized carbons (Fsp3) is 0.562. The molecule has 0 saturated carbocycles. The molecule has 0 aliphatic rings. The zero-order valence-corrected chi connectivity index (χ0v) is 16.4. The lowest BCUT2D eigenvalue weighted by Crippen LogP contribution is -2.42. The minimum atomic E-state index is -3.20. The van der Waals surface area contributed by atoms with Crippen LogP contribution in [0.3, 0.4) is 0 Å². The molecular weight excluding hydrogens is 352 g/mol. The zero-order valence-electron chi connectivity index (χ0n) is 14.7. The third-order valence-corrected chi connectivity index (χ3v) is 4.17. The molecule has 0 aromatic heterocycles. The van der Waals surface area contributed by atoms with Gasteiger partial charge in [0.25, 0.3) is 0 Å². The van der Waals surface area contributed by atoms with Crippen molar-refractivity contribution < 1.29 is 18.4 Å². The standard InChI is InChI=1S/C16H26N2O4S.ClH/c1-12(13-6-8-15(9-7-13)23(5,20)21)18-22-11-14(19)10-17-16(2,3)4;/h6-9,14,17,19H,10-11H2,1-5H3;1H/b18-12+;. The average molecular weight is 379 g/mol. The summed E-state index contributed by atoms with van der Waals surface area (Å²) < 4.78 is 22.8. The number of benzene rings is 1. The van der Waals surface area contributed by atoms with Crippen LogP contribution in [0.15, 0.2) is 34.3 Å². The maximum absolute atomic E-state index is 11.4. The summed E-state index contributed by atoms with van der Waals surface area (Å²) in [6, 6.07) is 6.42. The maximum Gasteiger partial charge on any atom is 0.175 e. The van der Waals surface area contributed by atoms with Gasteiger partial charge in [-0.1, -0.05) is 17.3 Å². The van der Waals surface area contributed by atoms with E-state index in [1.54, 1.807) is 19.1 Å². The fourth-order valence-corrected chi connectivity index (χ4v) is 2.33. The molecule has 0 saturated heterocycles. The summed E-state index contributed by atoms with van der Waals surface area (Å²) in [5.74, 6) is 0. The highest BCUT2D eigenvalue weighted by atomic mass is 35.5. The number of rotatable bonds is 7. The number of nitrogens with one attached hydrogen (secondary N) is 1. The molecule has 24 heavy (non-hydrogen) atoms. The van der Waals surface area contributed by atoms with Gasteiger partial charge in [-0.3, -0.25) is 0 Å². The SMILES string of the molecule is C/C(=N\OCC(O)CNC(C)(C)C)c1ccc(S(C)(=O)=O)cc1.Cl. The van der Waals surface area contributed by atoms with Crippen molar-refractivity contribution in [2.75, 3.05) is 19.4 Å². The number of sulfone groups is 1. The van der Waals surface area contributed by atoms with E-state index >= 15 is 0 Å². The molecule has 0 spiro atoms. The van der Waals surface area contributed by atoms with E-state index in [2.05, 4.69) is 10.5 Å². The fourth-order valence-electron chi connectivity index (χ4n) is 1.70. The van der Waals surface area contributed by atoms with Crippen molar-refractivity contribution in [2.24, 2.45) is 5.16 Å². The maximum atomic E-state index is 11.4.